The fourth-order valence-electron chi connectivity index (χ4n) is 2.75. The summed E-state index contributed by atoms with van der Waals surface area (Å²) in [6.07, 6.45) is -0.528. The number of carbonyl (C=O) groups is 2. The molecule has 6 nitrogen and oxygen atoms in total. The van der Waals surface area contributed by atoms with Crippen molar-refractivity contribution < 1.29 is 14.3 Å². The standard InChI is InChI=1S/C15H18ClN3O3/c16-12-3-1-2-4-13(12)18-7-5-17(6-8-18)11-14(20)19-9-10-22-15(19)21/h1-4H,5-11H2. The molecule has 1 aromatic carbocycles. The first-order valence-electron chi connectivity index (χ1n) is 7.34. The number of cyclic esters (lactones) is 1. The van der Waals surface area contributed by atoms with Gasteiger partial charge in [-0.15, -0.1) is 0 Å². The van der Waals surface area contributed by atoms with Gasteiger partial charge < -0.3 is 9.64 Å². The Morgan fingerprint density at radius 1 is 1.14 bits per heavy atom. The zero-order chi connectivity index (χ0) is 15.5. The fourth-order valence-corrected chi connectivity index (χ4v) is 3.01. The Morgan fingerprint density at radius 3 is 2.50 bits per heavy atom. The third kappa shape index (κ3) is 3.18. The minimum atomic E-state index is -0.528. The summed E-state index contributed by atoms with van der Waals surface area (Å²) in [6.45, 7) is 4.05. The molecular formula is C15H18ClN3O3. The minimum absolute atomic E-state index is 0.186. The Bertz CT molecular complexity index is 573. The molecule has 118 valence electrons. The van der Waals surface area contributed by atoms with Crippen LogP contribution in [0.3, 0.4) is 0 Å². The molecule has 2 heterocycles. The Labute approximate surface area is 134 Å². The number of benzene rings is 1. The number of ether oxygens (including phenoxy) is 1. The third-order valence-electron chi connectivity index (χ3n) is 3.99. The number of piperazine rings is 1. The van der Waals surface area contributed by atoms with E-state index in [0.717, 1.165) is 36.9 Å². The van der Waals surface area contributed by atoms with Gasteiger partial charge in [0.2, 0.25) is 5.91 Å². The van der Waals surface area contributed by atoms with Gasteiger partial charge in [0.1, 0.15) is 6.61 Å². The van der Waals surface area contributed by atoms with Crippen LogP contribution >= 0.6 is 11.6 Å². The number of hydrogen-bond acceptors (Lipinski definition) is 5. The van der Waals surface area contributed by atoms with Crippen LogP contribution in [0.25, 0.3) is 0 Å². The highest BCUT2D eigenvalue weighted by atomic mass is 35.5. The van der Waals surface area contributed by atoms with Crippen LogP contribution in [0.4, 0.5) is 10.5 Å². The summed E-state index contributed by atoms with van der Waals surface area (Å²) in [7, 11) is 0. The van der Waals surface area contributed by atoms with Crippen LogP contribution in [0.2, 0.25) is 5.02 Å². The average molecular weight is 324 g/mol. The van der Waals surface area contributed by atoms with E-state index < -0.39 is 6.09 Å². The van der Waals surface area contributed by atoms with Gasteiger partial charge in [-0.2, -0.15) is 0 Å². The molecule has 22 heavy (non-hydrogen) atoms. The van der Waals surface area contributed by atoms with E-state index in [9.17, 15) is 9.59 Å². The maximum absolute atomic E-state index is 12.1. The molecule has 0 atom stereocenters. The second-order valence-corrected chi connectivity index (χ2v) is 5.78. The van der Waals surface area contributed by atoms with Gasteiger partial charge in [0.25, 0.3) is 0 Å². The van der Waals surface area contributed by atoms with Crippen molar-refractivity contribution >= 4 is 29.3 Å². The molecule has 3 rings (SSSR count). The highest BCUT2D eigenvalue weighted by Gasteiger charge is 2.30. The third-order valence-corrected chi connectivity index (χ3v) is 4.31. The Hall–Kier alpha value is -1.79. The van der Waals surface area contributed by atoms with Crippen molar-refractivity contribution in [2.45, 2.75) is 0 Å². The maximum Gasteiger partial charge on any atom is 0.416 e. The number of rotatable bonds is 3. The molecule has 2 fully saturated rings. The molecular weight excluding hydrogens is 306 g/mol. The number of imide groups is 1. The van der Waals surface area contributed by atoms with E-state index in [1.165, 1.54) is 4.90 Å². The van der Waals surface area contributed by atoms with Gasteiger partial charge in [-0.1, -0.05) is 23.7 Å². The van der Waals surface area contributed by atoms with Crippen molar-refractivity contribution in [3.63, 3.8) is 0 Å². The van der Waals surface area contributed by atoms with Crippen molar-refractivity contribution in [3.05, 3.63) is 29.3 Å². The van der Waals surface area contributed by atoms with Crippen LogP contribution in [0.5, 0.6) is 0 Å². The Morgan fingerprint density at radius 2 is 1.86 bits per heavy atom. The highest BCUT2D eigenvalue weighted by molar-refractivity contribution is 6.33. The first kappa shape index (κ1) is 15.1. The zero-order valence-corrected chi connectivity index (χ0v) is 13.0. The van der Waals surface area contributed by atoms with Crippen LogP contribution in [0, 0.1) is 0 Å². The number of anilines is 1. The molecule has 0 aromatic heterocycles. The van der Waals surface area contributed by atoms with Gasteiger partial charge >= 0.3 is 6.09 Å². The van der Waals surface area contributed by atoms with Crippen LogP contribution < -0.4 is 4.90 Å². The van der Waals surface area contributed by atoms with Crippen molar-refractivity contribution in [2.24, 2.45) is 0 Å². The SMILES string of the molecule is O=C(CN1CCN(c2ccccc2Cl)CC1)N1CCOC1=O. The van der Waals surface area contributed by atoms with E-state index in [-0.39, 0.29) is 12.5 Å². The van der Waals surface area contributed by atoms with Gasteiger partial charge in [0.05, 0.1) is 23.8 Å². The molecule has 0 saturated carbocycles. The first-order chi connectivity index (χ1) is 10.6. The van der Waals surface area contributed by atoms with E-state index in [1.54, 1.807) is 0 Å². The summed E-state index contributed by atoms with van der Waals surface area (Å²) in [5.41, 5.74) is 1.03. The predicted octanol–water partition coefficient (Wildman–Crippen LogP) is 1.44. The number of hydrogen-bond donors (Lipinski definition) is 0. The zero-order valence-electron chi connectivity index (χ0n) is 12.2. The van der Waals surface area contributed by atoms with Gasteiger partial charge in [-0.25, -0.2) is 9.69 Å². The quantitative estimate of drug-likeness (QED) is 0.842. The Kier molecular flexibility index (Phi) is 4.49. The van der Waals surface area contributed by atoms with Crippen LogP contribution in [0.1, 0.15) is 0 Å². The van der Waals surface area contributed by atoms with Crippen LogP contribution in [-0.2, 0) is 9.53 Å². The molecule has 0 aliphatic carbocycles. The van der Waals surface area contributed by atoms with Crippen molar-refractivity contribution in [1.29, 1.82) is 0 Å². The van der Waals surface area contributed by atoms with Crippen molar-refractivity contribution in [1.82, 2.24) is 9.80 Å². The van der Waals surface area contributed by atoms with Crippen molar-refractivity contribution in [3.8, 4) is 0 Å². The molecule has 2 aliphatic rings. The first-order valence-corrected chi connectivity index (χ1v) is 7.72. The van der Waals surface area contributed by atoms with E-state index in [4.69, 9.17) is 16.3 Å². The summed E-state index contributed by atoms with van der Waals surface area (Å²) in [5.74, 6) is -0.186. The van der Waals surface area contributed by atoms with Gasteiger partial charge in [0.15, 0.2) is 0 Å². The lowest BCUT2D eigenvalue weighted by Crippen LogP contribution is -2.50. The predicted molar refractivity (Wildman–Crippen MR) is 83.2 cm³/mol. The summed E-state index contributed by atoms with van der Waals surface area (Å²) in [4.78, 5) is 28.9. The lowest BCUT2D eigenvalue weighted by Gasteiger charge is -2.36. The number of nitrogens with zero attached hydrogens (tertiary/aromatic N) is 3. The molecule has 7 heteroatoms. The summed E-state index contributed by atoms with van der Waals surface area (Å²) in [6, 6.07) is 7.77. The Balaban J connectivity index is 1.53. The molecule has 0 N–H and O–H groups in total. The lowest BCUT2D eigenvalue weighted by atomic mass is 10.2. The number of para-hydroxylation sites is 1. The molecule has 0 unspecified atom stereocenters. The topological polar surface area (TPSA) is 53.1 Å². The second-order valence-electron chi connectivity index (χ2n) is 5.37. The number of amides is 2. The van der Waals surface area contributed by atoms with Crippen molar-refractivity contribution in [2.75, 3.05) is 50.8 Å². The molecule has 0 bridgehead atoms. The van der Waals surface area contributed by atoms with Gasteiger partial charge in [0, 0.05) is 26.2 Å². The number of carbonyl (C=O) groups excluding carboxylic acids is 2. The molecule has 0 radical (unpaired) electrons. The maximum atomic E-state index is 12.1. The highest BCUT2D eigenvalue weighted by Crippen LogP contribution is 2.25. The van der Waals surface area contributed by atoms with Crippen LogP contribution in [-0.4, -0.2) is 67.7 Å². The second kappa shape index (κ2) is 6.54. The van der Waals surface area contributed by atoms with E-state index >= 15 is 0 Å². The minimum Gasteiger partial charge on any atom is -0.447 e. The molecule has 2 saturated heterocycles. The fraction of sp³-hybridized carbons (Fsp3) is 0.467. The molecule has 1 aromatic rings. The van der Waals surface area contributed by atoms with E-state index in [2.05, 4.69) is 9.80 Å². The van der Waals surface area contributed by atoms with Gasteiger partial charge in [-0.05, 0) is 12.1 Å². The smallest absolute Gasteiger partial charge is 0.416 e. The van der Waals surface area contributed by atoms with E-state index in [0.29, 0.717) is 13.2 Å². The lowest BCUT2D eigenvalue weighted by molar-refractivity contribution is -0.129. The van der Waals surface area contributed by atoms with Gasteiger partial charge in [-0.3, -0.25) is 9.69 Å². The summed E-state index contributed by atoms with van der Waals surface area (Å²) in [5, 5.41) is 0.742. The normalized spacial score (nSPS) is 19.4. The molecule has 2 amide bonds. The average Bonchev–Trinajstić information content (AvgIpc) is 2.95. The van der Waals surface area contributed by atoms with Crippen LogP contribution in [0.15, 0.2) is 24.3 Å². The molecule has 0 spiro atoms. The molecule has 2 aliphatic heterocycles. The number of halogens is 1. The monoisotopic (exact) mass is 323 g/mol. The summed E-state index contributed by atoms with van der Waals surface area (Å²) >= 11 is 6.21. The largest absolute Gasteiger partial charge is 0.447 e. The summed E-state index contributed by atoms with van der Waals surface area (Å²) < 4.78 is 4.79. The van der Waals surface area contributed by atoms with E-state index in [1.807, 2.05) is 24.3 Å².